The Hall–Kier alpha value is -1.16. The van der Waals surface area contributed by atoms with Crippen LogP contribution in [0.4, 0.5) is 0 Å². The van der Waals surface area contributed by atoms with Gasteiger partial charge in [-0.2, -0.15) is 5.10 Å². The predicted molar refractivity (Wildman–Crippen MR) is 76.1 cm³/mol. The number of nitrogens with zero attached hydrogens (tertiary/aromatic N) is 2. The lowest BCUT2D eigenvalue weighted by molar-refractivity contribution is 0.122. The number of ether oxygens (including phenoxy) is 1. The van der Waals surface area contributed by atoms with Crippen LogP contribution in [0, 0.1) is 5.92 Å². The number of nitrogens with one attached hydrogen (secondary N) is 1. The van der Waals surface area contributed by atoms with Crippen molar-refractivity contribution in [3.05, 3.63) is 17.8 Å². The SMILES string of the molecule is CCCNCc1ccc(OC2CCCC(C)C2)nn1. The zero-order valence-electron chi connectivity index (χ0n) is 12.1. The molecular formula is C15H25N3O. The molecule has 0 saturated heterocycles. The van der Waals surface area contributed by atoms with Crippen molar-refractivity contribution in [1.82, 2.24) is 15.5 Å². The molecule has 106 valence electrons. The van der Waals surface area contributed by atoms with Gasteiger partial charge in [0.05, 0.1) is 5.69 Å². The van der Waals surface area contributed by atoms with Crippen LogP contribution in [-0.2, 0) is 6.54 Å². The van der Waals surface area contributed by atoms with Gasteiger partial charge in [-0.3, -0.25) is 0 Å². The fraction of sp³-hybridized carbons (Fsp3) is 0.733. The Balaban J connectivity index is 1.81. The van der Waals surface area contributed by atoms with E-state index in [1.807, 2.05) is 12.1 Å². The fourth-order valence-corrected chi connectivity index (χ4v) is 2.55. The van der Waals surface area contributed by atoms with Crippen LogP contribution in [0.3, 0.4) is 0 Å². The zero-order chi connectivity index (χ0) is 13.5. The van der Waals surface area contributed by atoms with Crippen molar-refractivity contribution < 1.29 is 4.74 Å². The predicted octanol–water partition coefficient (Wildman–Crippen LogP) is 2.93. The van der Waals surface area contributed by atoms with Gasteiger partial charge in [-0.25, -0.2) is 0 Å². The van der Waals surface area contributed by atoms with Crippen molar-refractivity contribution in [1.29, 1.82) is 0 Å². The molecule has 19 heavy (non-hydrogen) atoms. The van der Waals surface area contributed by atoms with Crippen molar-refractivity contribution in [2.75, 3.05) is 6.54 Å². The quantitative estimate of drug-likeness (QED) is 0.802. The first-order chi connectivity index (χ1) is 9.28. The molecule has 1 aliphatic rings. The van der Waals surface area contributed by atoms with Crippen LogP contribution in [0.15, 0.2) is 12.1 Å². The van der Waals surface area contributed by atoms with Crippen molar-refractivity contribution >= 4 is 0 Å². The average Bonchev–Trinajstić information content (AvgIpc) is 2.41. The van der Waals surface area contributed by atoms with Gasteiger partial charge in [0.15, 0.2) is 0 Å². The van der Waals surface area contributed by atoms with E-state index < -0.39 is 0 Å². The fourth-order valence-electron chi connectivity index (χ4n) is 2.55. The second-order valence-electron chi connectivity index (χ2n) is 5.55. The highest BCUT2D eigenvalue weighted by atomic mass is 16.5. The highest BCUT2D eigenvalue weighted by Gasteiger charge is 2.20. The van der Waals surface area contributed by atoms with Crippen molar-refractivity contribution in [2.24, 2.45) is 5.92 Å². The minimum Gasteiger partial charge on any atom is -0.473 e. The third-order valence-electron chi connectivity index (χ3n) is 3.60. The van der Waals surface area contributed by atoms with Crippen LogP contribution >= 0.6 is 0 Å². The van der Waals surface area contributed by atoms with E-state index in [9.17, 15) is 0 Å². The minimum absolute atomic E-state index is 0.321. The van der Waals surface area contributed by atoms with Gasteiger partial charge >= 0.3 is 0 Å². The van der Waals surface area contributed by atoms with Gasteiger partial charge in [-0.05, 0) is 44.2 Å². The Morgan fingerprint density at radius 2 is 2.21 bits per heavy atom. The Morgan fingerprint density at radius 3 is 2.89 bits per heavy atom. The highest BCUT2D eigenvalue weighted by molar-refractivity contribution is 5.11. The Kier molecular flexibility index (Phi) is 5.58. The second kappa shape index (κ2) is 7.43. The van der Waals surface area contributed by atoms with E-state index in [2.05, 4.69) is 29.4 Å². The topological polar surface area (TPSA) is 47.0 Å². The van der Waals surface area contributed by atoms with Crippen LogP contribution in [0.1, 0.15) is 51.6 Å². The van der Waals surface area contributed by atoms with Crippen LogP contribution in [0.2, 0.25) is 0 Å². The van der Waals surface area contributed by atoms with Crippen molar-refractivity contribution in [2.45, 2.75) is 58.6 Å². The molecule has 0 radical (unpaired) electrons. The Morgan fingerprint density at radius 1 is 1.32 bits per heavy atom. The van der Waals surface area contributed by atoms with Crippen LogP contribution < -0.4 is 10.1 Å². The summed E-state index contributed by atoms with van der Waals surface area (Å²) in [6.45, 7) is 6.24. The van der Waals surface area contributed by atoms with E-state index in [4.69, 9.17) is 4.74 Å². The maximum absolute atomic E-state index is 5.91. The zero-order valence-corrected chi connectivity index (χ0v) is 12.1. The number of rotatable bonds is 6. The number of hydrogen-bond donors (Lipinski definition) is 1. The first-order valence-corrected chi connectivity index (χ1v) is 7.48. The lowest BCUT2D eigenvalue weighted by Crippen LogP contribution is -2.24. The largest absolute Gasteiger partial charge is 0.473 e. The summed E-state index contributed by atoms with van der Waals surface area (Å²) in [5.41, 5.74) is 0.970. The molecule has 1 aliphatic carbocycles. The van der Waals surface area contributed by atoms with Gasteiger partial charge in [0.2, 0.25) is 5.88 Å². The molecule has 0 spiro atoms. The normalized spacial score (nSPS) is 23.3. The minimum atomic E-state index is 0.321. The first kappa shape index (κ1) is 14.3. The summed E-state index contributed by atoms with van der Waals surface area (Å²) in [4.78, 5) is 0. The van der Waals surface area contributed by atoms with Gasteiger partial charge in [-0.15, -0.1) is 5.10 Å². The van der Waals surface area contributed by atoms with Crippen molar-refractivity contribution in [3.63, 3.8) is 0 Å². The van der Waals surface area contributed by atoms with Gasteiger partial charge in [-0.1, -0.05) is 20.3 Å². The molecule has 4 nitrogen and oxygen atoms in total. The first-order valence-electron chi connectivity index (χ1n) is 7.48. The van der Waals surface area contributed by atoms with Crippen LogP contribution in [0.5, 0.6) is 5.88 Å². The molecule has 2 rings (SSSR count). The van der Waals surface area contributed by atoms with Gasteiger partial charge in [0.25, 0.3) is 0 Å². The van der Waals surface area contributed by atoms with Crippen LogP contribution in [-0.4, -0.2) is 22.8 Å². The smallest absolute Gasteiger partial charge is 0.233 e. The molecule has 1 saturated carbocycles. The summed E-state index contributed by atoms with van der Waals surface area (Å²) in [5, 5.41) is 11.7. The molecule has 0 amide bonds. The second-order valence-corrected chi connectivity index (χ2v) is 5.55. The standard InChI is InChI=1S/C15H25N3O/c1-3-9-16-11-13-7-8-15(18-17-13)19-14-6-4-5-12(2)10-14/h7-8,12,14,16H,3-6,9-11H2,1-2H3. The summed E-state index contributed by atoms with van der Waals surface area (Å²) in [6, 6.07) is 3.94. The molecule has 1 aromatic heterocycles. The van der Waals surface area contributed by atoms with Crippen LogP contribution in [0.25, 0.3) is 0 Å². The highest BCUT2D eigenvalue weighted by Crippen LogP contribution is 2.26. The third-order valence-corrected chi connectivity index (χ3v) is 3.60. The number of hydrogen-bond acceptors (Lipinski definition) is 4. The molecular weight excluding hydrogens is 238 g/mol. The molecule has 1 aromatic rings. The van der Waals surface area contributed by atoms with E-state index >= 15 is 0 Å². The Labute approximate surface area is 116 Å². The molecule has 1 heterocycles. The third kappa shape index (κ3) is 4.78. The van der Waals surface area contributed by atoms with E-state index in [0.717, 1.165) is 44.0 Å². The molecule has 1 fully saturated rings. The lowest BCUT2D eigenvalue weighted by atomic mass is 9.89. The monoisotopic (exact) mass is 263 g/mol. The van der Waals surface area contributed by atoms with E-state index in [0.29, 0.717) is 12.0 Å². The number of aromatic nitrogens is 2. The molecule has 2 unspecified atom stereocenters. The van der Waals surface area contributed by atoms with E-state index in [-0.39, 0.29) is 0 Å². The van der Waals surface area contributed by atoms with Gasteiger partial charge in [0.1, 0.15) is 6.10 Å². The summed E-state index contributed by atoms with van der Waals surface area (Å²) in [7, 11) is 0. The molecule has 4 heteroatoms. The summed E-state index contributed by atoms with van der Waals surface area (Å²) < 4.78 is 5.91. The van der Waals surface area contributed by atoms with Gasteiger partial charge < -0.3 is 10.1 Å². The molecule has 0 aliphatic heterocycles. The summed E-state index contributed by atoms with van der Waals surface area (Å²) >= 11 is 0. The summed E-state index contributed by atoms with van der Waals surface area (Å²) in [6.07, 6.45) is 6.33. The maximum atomic E-state index is 5.91. The summed E-state index contributed by atoms with van der Waals surface area (Å²) in [5.74, 6) is 1.43. The van der Waals surface area contributed by atoms with Crippen molar-refractivity contribution in [3.8, 4) is 5.88 Å². The lowest BCUT2D eigenvalue weighted by Gasteiger charge is -2.26. The average molecular weight is 263 g/mol. The van der Waals surface area contributed by atoms with Gasteiger partial charge in [0, 0.05) is 12.6 Å². The Bertz CT molecular complexity index is 366. The van der Waals surface area contributed by atoms with E-state index in [1.54, 1.807) is 0 Å². The molecule has 0 bridgehead atoms. The molecule has 0 aromatic carbocycles. The molecule has 1 N–H and O–H groups in total. The van der Waals surface area contributed by atoms with E-state index in [1.165, 1.54) is 12.8 Å². The maximum Gasteiger partial charge on any atom is 0.233 e. The molecule has 2 atom stereocenters.